The van der Waals surface area contributed by atoms with Gasteiger partial charge in [-0.15, -0.1) is 0 Å². The quantitative estimate of drug-likeness (QED) is 0.318. The highest BCUT2D eigenvalue weighted by Gasteiger charge is 2.24. The Morgan fingerprint density at radius 1 is 1.21 bits per heavy atom. The zero-order valence-electron chi connectivity index (χ0n) is 21.4. The predicted octanol–water partition coefficient (Wildman–Crippen LogP) is 4.41. The Morgan fingerprint density at radius 3 is 2.79 bits per heavy atom. The van der Waals surface area contributed by atoms with Crippen molar-refractivity contribution in [2.75, 3.05) is 51.9 Å². The number of morpholine rings is 1. The molecule has 12 heteroatoms. The summed E-state index contributed by atoms with van der Waals surface area (Å²) in [4.78, 5) is 22.3. The molecule has 1 aromatic carbocycles. The molecule has 1 fully saturated rings. The van der Waals surface area contributed by atoms with E-state index in [-0.39, 0.29) is 11.9 Å². The summed E-state index contributed by atoms with van der Waals surface area (Å²) in [6.45, 7) is 8.13. The van der Waals surface area contributed by atoms with E-state index in [2.05, 4.69) is 35.1 Å². The van der Waals surface area contributed by atoms with Gasteiger partial charge < -0.3 is 24.5 Å². The fourth-order valence-electron chi connectivity index (χ4n) is 4.54. The Morgan fingerprint density at radius 2 is 2.03 bits per heavy atom. The molecule has 0 spiro atoms. The van der Waals surface area contributed by atoms with Gasteiger partial charge in [0.25, 0.3) is 0 Å². The van der Waals surface area contributed by atoms with E-state index < -0.39 is 5.82 Å². The molecule has 1 saturated heterocycles. The number of aromatic amines is 1. The Balaban J connectivity index is 1.54. The van der Waals surface area contributed by atoms with Crippen molar-refractivity contribution in [2.45, 2.75) is 19.9 Å². The second-order valence-electron chi connectivity index (χ2n) is 8.98. The molecule has 1 aliphatic heterocycles. The molecule has 4 aromatic rings. The van der Waals surface area contributed by atoms with Crippen LogP contribution in [0.1, 0.15) is 24.1 Å². The molecule has 0 radical (unpaired) electrons. The summed E-state index contributed by atoms with van der Waals surface area (Å²) in [7, 11) is 1.38. The van der Waals surface area contributed by atoms with E-state index in [1.807, 2.05) is 19.9 Å². The molecular formula is C26H29ClFN7O3. The largest absolute Gasteiger partial charge is 0.491 e. The van der Waals surface area contributed by atoms with Crippen LogP contribution in [0.25, 0.3) is 22.3 Å². The Labute approximate surface area is 224 Å². The highest BCUT2D eigenvalue weighted by atomic mass is 35.5. The summed E-state index contributed by atoms with van der Waals surface area (Å²) in [5.74, 6) is 0.543. The zero-order valence-corrected chi connectivity index (χ0v) is 22.2. The van der Waals surface area contributed by atoms with E-state index in [1.165, 1.54) is 19.5 Å². The molecule has 10 nitrogen and oxygen atoms in total. The summed E-state index contributed by atoms with van der Waals surface area (Å²) in [5.41, 5.74) is 4.00. The van der Waals surface area contributed by atoms with Crippen LogP contribution in [0, 0.1) is 12.7 Å². The Hall–Kier alpha value is -3.54. The second kappa shape index (κ2) is 11.5. The van der Waals surface area contributed by atoms with Gasteiger partial charge in [-0.25, -0.2) is 24.3 Å². The minimum atomic E-state index is -0.570. The second-order valence-corrected chi connectivity index (χ2v) is 9.39. The topological polar surface area (TPSA) is 110 Å². The molecule has 2 N–H and O–H groups in total. The van der Waals surface area contributed by atoms with Crippen LogP contribution in [0.2, 0.25) is 5.02 Å². The lowest BCUT2D eigenvalue weighted by Gasteiger charge is -2.28. The minimum absolute atomic E-state index is 0.0780. The number of rotatable bonds is 9. The molecular weight excluding hydrogens is 513 g/mol. The van der Waals surface area contributed by atoms with Crippen LogP contribution in [0.5, 0.6) is 11.6 Å². The number of aromatic nitrogens is 5. The van der Waals surface area contributed by atoms with E-state index in [0.717, 1.165) is 30.8 Å². The van der Waals surface area contributed by atoms with Crippen molar-refractivity contribution < 1.29 is 18.6 Å². The maximum Gasteiger partial charge on any atom is 0.250 e. The van der Waals surface area contributed by atoms with Gasteiger partial charge in [-0.3, -0.25) is 4.90 Å². The molecule has 200 valence electrons. The monoisotopic (exact) mass is 541 g/mol. The molecule has 1 unspecified atom stereocenters. The van der Waals surface area contributed by atoms with E-state index in [9.17, 15) is 4.39 Å². The first kappa shape index (κ1) is 26.1. The van der Waals surface area contributed by atoms with Gasteiger partial charge in [0.15, 0.2) is 17.3 Å². The van der Waals surface area contributed by atoms with Crippen molar-refractivity contribution in [1.29, 1.82) is 0 Å². The maximum absolute atomic E-state index is 14.7. The number of pyridine rings is 1. The minimum Gasteiger partial charge on any atom is -0.491 e. The van der Waals surface area contributed by atoms with Crippen molar-refractivity contribution in [3.63, 3.8) is 0 Å². The number of methoxy groups -OCH3 is 1. The third-order valence-electron chi connectivity index (χ3n) is 6.59. The number of nitrogens with zero attached hydrogens (tertiary/aromatic N) is 5. The van der Waals surface area contributed by atoms with Gasteiger partial charge >= 0.3 is 0 Å². The summed E-state index contributed by atoms with van der Waals surface area (Å²) < 4.78 is 31.7. The van der Waals surface area contributed by atoms with Crippen molar-refractivity contribution in [3.05, 3.63) is 53.0 Å². The Bertz CT molecular complexity index is 1430. The number of ether oxygens (including phenoxy) is 3. The maximum atomic E-state index is 14.7. The summed E-state index contributed by atoms with van der Waals surface area (Å²) >= 11 is 6.73. The van der Waals surface area contributed by atoms with Gasteiger partial charge in [-0.2, -0.15) is 0 Å². The number of H-pyrrole nitrogens is 1. The fourth-order valence-corrected chi connectivity index (χ4v) is 4.75. The number of benzene rings is 1. The normalized spacial score (nSPS) is 15.0. The van der Waals surface area contributed by atoms with Gasteiger partial charge in [-0.05, 0) is 31.5 Å². The van der Waals surface area contributed by atoms with Crippen LogP contribution in [-0.4, -0.2) is 76.4 Å². The van der Waals surface area contributed by atoms with Crippen molar-refractivity contribution in [2.24, 2.45) is 0 Å². The van der Waals surface area contributed by atoms with Crippen LogP contribution >= 0.6 is 11.6 Å². The number of imidazole rings is 1. The molecule has 5 rings (SSSR count). The molecule has 3 aromatic heterocycles. The number of fused-ring (bicyclic) bond motifs is 1. The van der Waals surface area contributed by atoms with E-state index >= 15 is 0 Å². The van der Waals surface area contributed by atoms with E-state index in [1.54, 1.807) is 12.5 Å². The van der Waals surface area contributed by atoms with Crippen LogP contribution in [0.15, 0.2) is 31.0 Å². The lowest BCUT2D eigenvalue weighted by Crippen LogP contribution is -2.38. The third-order valence-corrected chi connectivity index (χ3v) is 6.99. The molecule has 4 heterocycles. The highest BCUT2D eigenvalue weighted by Crippen LogP contribution is 2.43. The standard InChI is InChI=1S/C26H29ClFN7O3/c1-15-19(27)11-18(16(2)34-25-22-24(31-13-30-22)32-14-33-25)23(38-9-6-35-4-7-37-8-5-35)21(15)17-10-20(28)26(36-3)29-12-17/h10-14,16H,4-9H2,1-3H3,(H2,30,31,32,33,34). The highest BCUT2D eigenvalue weighted by molar-refractivity contribution is 6.32. The van der Waals surface area contributed by atoms with Crippen molar-refractivity contribution in [3.8, 4) is 22.8 Å². The summed E-state index contributed by atoms with van der Waals surface area (Å²) in [5, 5.41) is 3.95. The first-order valence-electron chi connectivity index (χ1n) is 12.3. The van der Waals surface area contributed by atoms with Gasteiger partial charge in [0, 0.05) is 47.5 Å². The summed E-state index contributed by atoms with van der Waals surface area (Å²) in [6, 6.07) is 2.98. The molecule has 1 aliphatic rings. The van der Waals surface area contributed by atoms with Gasteiger partial charge in [0.1, 0.15) is 24.2 Å². The predicted molar refractivity (Wildman–Crippen MR) is 142 cm³/mol. The smallest absolute Gasteiger partial charge is 0.250 e. The molecule has 38 heavy (non-hydrogen) atoms. The van der Waals surface area contributed by atoms with Crippen LogP contribution in [0.4, 0.5) is 10.2 Å². The molecule has 1 atom stereocenters. The number of hydrogen-bond donors (Lipinski definition) is 2. The molecule has 0 aliphatic carbocycles. The average molecular weight is 542 g/mol. The van der Waals surface area contributed by atoms with E-state index in [0.29, 0.717) is 58.7 Å². The fraction of sp³-hybridized carbons (Fsp3) is 0.385. The van der Waals surface area contributed by atoms with Crippen LogP contribution in [-0.2, 0) is 4.74 Å². The molecule has 0 amide bonds. The number of hydrogen-bond acceptors (Lipinski definition) is 9. The van der Waals surface area contributed by atoms with Gasteiger partial charge in [-0.1, -0.05) is 11.6 Å². The van der Waals surface area contributed by atoms with E-state index in [4.69, 9.17) is 25.8 Å². The number of halogens is 2. The molecule has 0 bridgehead atoms. The van der Waals surface area contributed by atoms with Crippen LogP contribution in [0.3, 0.4) is 0 Å². The number of nitrogens with one attached hydrogen (secondary N) is 2. The average Bonchev–Trinajstić information content (AvgIpc) is 3.41. The van der Waals surface area contributed by atoms with Crippen molar-refractivity contribution >= 4 is 28.6 Å². The van der Waals surface area contributed by atoms with Crippen molar-refractivity contribution in [1.82, 2.24) is 29.8 Å². The first-order valence-corrected chi connectivity index (χ1v) is 12.7. The first-order chi connectivity index (χ1) is 18.5. The number of anilines is 1. The lowest BCUT2D eigenvalue weighted by molar-refractivity contribution is 0.0322. The third kappa shape index (κ3) is 5.35. The SMILES string of the molecule is COc1ncc(-c2c(C)c(Cl)cc(C(C)Nc3ncnc4nc[nH]c34)c2OCCN2CCOCC2)cc1F. The van der Waals surface area contributed by atoms with Gasteiger partial charge in [0.2, 0.25) is 5.88 Å². The molecule has 0 saturated carbocycles. The lowest BCUT2D eigenvalue weighted by atomic mass is 9.94. The van der Waals surface area contributed by atoms with Gasteiger partial charge in [0.05, 0.1) is 32.7 Å². The zero-order chi connectivity index (χ0) is 26.6. The summed E-state index contributed by atoms with van der Waals surface area (Å²) in [6.07, 6.45) is 4.59. The Kier molecular flexibility index (Phi) is 7.87. The van der Waals surface area contributed by atoms with Crippen LogP contribution < -0.4 is 14.8 Å².